The van der Waals surface area contributed by atoms with Crippen molar-refractivity contribution < 1.29 is 23.8 Å². The molecule has 0 saturated carbocycles. The molecule has 181 valence electrons. The topological polar surface area (TPSA) is 76.0 Å². The van der Waals surface area contributed by atoms with Crippen molar-refractivity contribution in [2.45, 2.75) is 130 Å². The summed E-state index contributed by atoms with van der Waals surface area (Å²) in [7, 11) is -4.07. The van der Waals surface area contributed by atoms with Crippen molar-refractivity contribution in [1.82, 2.24) is 0 Å². The molecule has 1 radical (unpaired) electrons. The molecule has 6 heteroatoms. The van der Waals surface area contributed by atoms with Crippen molar-refractivity contribution in [3.05, 3.63) is 5.92 Å². The quantitative estimate of drug-likeness (QED) is 0.126. The molecule has 0 amide bonds. The molecular weight excluding hydrogens is 399 g/mol. The second-order valence-electron chi connectivity index (χ2n) is 8.66. The van der Waals surface area contributed by atoms with E-state index in [9.17, 15) is 4.57 Å². The summed E-state index contributed by atoms with van der Waals surface area (Å²) < 4.78 is 21.8. The standard InChI is InChI=1S/C24H50O5P/c1-4-6-7-8-9-10-11-12-13-14-15-16-17-18-20-29-24(5-2)23(3)19-21-28-22-30(25,26)27/h24H,4-22H2,1-3H3,(H2,25,26,27). The lowest BCUT2D eigenvalue weighted by atomic mass is 9.99. The first-order valence-electron chi connectivity index (χ1n) is 12.5. The lowest BCUT2D eigenvalue weighted by Crippen LogP contribution is -2.21. The van der Waals surface area contributed by atoms with E-state index in [0.29, 0.717) is 13.0 Å². The third-order valence-corrected chi connectivity index (χ3v) is 6.16. The minimum absolute atomic E-state index is 0.116. The van der Waals surface area contributed by atoms with Crippen LogP contribution in [0.4, 0.5) is 0 Å². The van der Waals surface area contributed by atoms with Crippen LogP contribution in [0.25, 0.3) is 0 Å². The van der Waals surface area contributed by atoms with Gasteiger partial charge in [0, 0.05) is 19.1 Å². The smallest absolute Gasteiger partial charge is 0.350 e. The van der Waals surface area contributed by atoms with Crippen molar-refractivity contribution in [1.29, 1.82) is 0 Å². The molecule has 0 aromatic heterocycles. The number of hydrogen-bond donors (Lipinski definition) is 2. The van der Waals surface area contributed by atoms with E-state index in [1.54, 1.807) is 0 Å². The molecule has 0 aliphatic rings. The van der Waals surface area contributed by atoms with Crippen LogP contribution in [-0.2, 0) is 14.0 Å². The van der Waals surface area contributed by atoms with Gasteiger partial charge in [-0.1, -0.05) is 104 Å². The van der Waals surface area contributed by atoms with Gasteiger partial charge in [-0.05, 0) is 19.3 Å². The average molecular weight is 450 g/mol. The molecule has 2 N–H and O–H groups in total. The highest BCUT2D eigenvalue weighted by Crippen LogP contribution is 2.34. The first-order valence-corrected chi connectivity index (χ1v) is 14.3. The fourth-order valence-electron chi connectivity index (χ4n) is 3.71. The molecule has 0 spiro atoms. The zero-order valence-corrected chi connectivity index (χ0v) is 21.0. The van der Waals surface area contributed by atoms with Crippen molar-refractivity contribution in [3.8, 4) is 0 Å². The lowest BCUT2D eigenvalue weighted by Gasteiger charge is -2.22. The molecule has 0 aromatic carbocycles. The Hall–Kier alpha value is 0.0700. The molecule has 0 fully saturated rings. The summed E-state index contributed by atoms with van der Waals surface area (Å²) in [6.45, 7) is 7.54. The SMILES string of the molecule is CCCCCCCCCCCCCCCCOC(CC)[C](C)CCOCP(=O)(O)O. The normalized spacial score (nSPS) is 13.3. The lowest BCUT2D eigenvalue weighted by molar-refractivity contribution is 0.0496. The van der Waals surface area contributed by atoms with Gasteiger partial charge in [0.2, 0.25) is 0 Å². The zero-order valence-electron chi connectivity index (χ0n) is 20.1. The molecule has 1 unspecified atom stereocenters. The summed E-state index contributed by atoms with van der Waals surface area (Å²) >= 11 is 0. The predicted octanol–water partition coefficient (Wildman–Crippen LogP) is 7.40. The summed E-state index contributed by atoms with van der Waals surface area (Å²) in [6.07, 6.45) is 20.2. The highest BCUT2D eigenvalue weighted by molar-refractivity contribution is 7.51. The molecule has 30 heavy (non-hydrogen) atoms. The van der Waals surface area contributed by atoms with Gasteiger partial charge in [0.1, 0.15) is 6.35 Å². The van der Waals surface area contributed by atoms with Crippen LogP contribution in [0.15, 0.2) is 0 Å². The Bertz CT molecular complexity index is 399. The molecule has 0 saturated heterocycles. The summed E-state index contributed by atoms with van der Waals surface area (Å²) in [4.78, 5) is 17.6. The van der Waals surface area contributed by atoms with Gasteiger partial charge < -0.3 is 19.3 Å². The van der Waals surface area contributed by atoms with E-state index in [1.807, 2.05) is 6.92 Å². The van der Waals surface area contributed by atoms with E-state index in [4.69, 9.17) is 19.3 Å². The Labute approximate surface area is 186 Å². The monoisotopic (exact) mass is 449 g/mol. The Balaban J connectivity index is 3.45. The highest BCUT2D eigenvalue weighted by atomic mass is 31.2. The minimum Gasteiger partial charge on any atom is -0.378 e. The second kappa shape index (κ2) is 20.9. The third kappa shape index (κ3) is 21.3. The number of unbranched alkanes of at least 4 members (excludes halogenated alkanes) is 13. The fraction of sp³-hybridized carbons (Fsp3) is 0.958. The Kier molecular flexibility index (Phi) is 21.0. The van der Waals surface area contributed by atoms with Crippen LogP contribution in [0, 0.1) is 5.92 Å². The van der Waals surface area contributed by atoms with Crippen LogP contribution in [0.5, 0.6) is 0 Å². The van der Waals surface area contributed by atoms with Crippen molar-refractivity contribution in [2.24, 2.45) is 0 Å². The van der Waals surface area contributed by atoms with Gasteiger partial charge in [-0.2, -0.15) is 0 Å². The average Bonchev–Trinajstić information content (AvgIpc) is 2.70. The van der Waals surface area contributed by atoms with Crippen LogP contribution in [-0.4, -0.2) is 35.5 Å². The van der Waals surface area contributed by atoms with Crippen molar-refractivity contribution in [2.75, 3.05) is 19.6 Å². The number of rotatable bonds is 23. The third-order valence-electron chi connectivity index (χ3n) is 5.64. The van der Waals surface area contributed by atoms with E-state index in [2.05, 4.69) is 13.8 Å². The maximum absolute atomic E-state index is 10.8. The van der Waals surface area contributed by atoms with Crippen LogP contribution in [0.3, 0.4) is 0 Å². The van der Waals surface area contributed by atoms with E-state index >= 15 is 0 Å². The number of ether oxygens (including phenoxy) is 2. The van der Waals surface area contributed by atoms with E-state index in [1.165, 1.54) is 89.4 Å². The van der Waals surface area contributed by atoms with E-state index in [0.717, 1.165) is 19.4 Å². The summed E-state index contributed by atoms with van der Waals surface area (Å²) in [6, 6.07) is 0. The van der Waals surface area contributed by atoms with Gasteiger partial charge in [0.15, 0.2) is 0 Å². The molecule has 0 bridgehead atoms. The van der Waals surface area contributed by atoms with Gasteiger partial charge in [0.25, 0.3) is 0 Å². The van der Waals surface area contributed by atoms with E-state index in [-0.39, 0.29) is 6.10 Å². The Morgan fingerprint density at radius 1 is 0.767 bits per heavy atom. The first-order chi connectivity index (χ1) is 14.4. The number of hydrogen-bond acceptors (Lipinski definition) is 3. The first kappa shape index (κ1) is 30.1. The molecular formula is C24H50O5P. The van der Waals surface area contributed by atoms with Crippen LogP contribution in [0.2, 0.25) is 0 Å². The highest BCUT2D eigenvalue weighted by Gasteiger charge is 2.18. The molecule has 0 heterocycles. The van der Waals surface area contributed by atoms with Crippen molar-refractivity contribution in [3.63, 3.8) is 0 Å². The maximum Gasteiger partial charge on any atom is 0.350 e. The summed E-state index contributed by atoms with van der Waals surface area (Å²) in [5, 5.41) is 0. The largest absolute Gasteiger partial charge is 0.378 e. The summed E-state index contributed by atoms with van der Waals surface area (Å²) in [5.74, 6) is 1.19. The van der Waals surface area contributed by atoms with Gasteiger partial charge in [-0.3, -0.25) is 4.57 Å². The fourth-order valence-corrected chi connectivity index (χ4v) is 4.08. The Morgan fingerprint density at radius 3 is 1.67 bits per heavy atom. The molecule has 0 aliphatic heterocycles. The second-order valence-corrected chi connectivity index (χ2v) is 10.2. The van der Waals surface area contributed by atoms with E-state index < -0.39 is 13.9 Å². The molecule has 0 aliphatic carbocycles. The van der Waals surface area contributed by atoms with Crippen LogP contribution >= 0.6 is 7.60 Å². The van der Waals surface area contributed by atoms with Gasteiger partial charge in [-0.15, -0.1) is 0 Å². The minimum atomic E-state index is -4.07. The summed E-state index contributed by atoms with van der Waals surface area (Å²) in [5.41, 5.74) is 0. The molecule has 0 aromatic rings. The van der Waals surface area contributed by atoms with Crippen LogP contribution < -0.4 is 0 Å². The van der Waals surface area contributed by atoms with Gasteiger partial charge >= 0.3 is 7.60 Å². The van der Waals surface area contributed by atoms with Crippen molar-refractivity contribution >= 4 is 7.60 Å². The molecule has 5 nitrogen and oxygen atoms in total. The predicted molar refractivity (Wildman–Crippen MR) is 127 cm³/mol. The maximum atomic E-state index is 10.8. The Morgan fingerprint density at radius 2 is 1.23 bits per heavy atom. The van der Waals surface area contributed by atoms with Crippen LogP contribution in [0.1, 0.15) is 124 Å². The van der Waals surface area contributed by atoms with Gasteiger partial charge in [-0.25, -0.2) is 0 Å². The molecule has 0 rings (SSSR count). The van der Waals surface area contributed by atoms with Gasteiger partial charge in [0.05, 0.1) is 6.10 Å². The molecule has 1 atom stereocenters. The zero-order chi connectivity index (χ0) is 22.5.